The Labute approximate surface area is 151 Å². The third-order valence-electron chi connectivity index (χ3n) is 3.54. The highest BCUT2D eigenvalue weighted by Crippen LogP contribution is 2.25. The molecule has 0 unspecified atom stereocenters. The third kappa shape index (κ3) is 4.22. The number of thiophene rings is 1. The maximum absolute atomic E-state index is 12.3. The number of carbonyl (C=O) groups excluding carboxylic acids is 1. The Balaban J connectivity index is 1.89. The van der Waals surface area contributed by atoms with E-state index in [9.17, 15) is 4.79 Å². The number of aromatic nitrogens is 3. The summed E-state index contributed by atoms with van der Waals surface area (Å²) >= 11 is 1.58. The molecule has 3 rings (SSSR count). The van der Waals surface area contributed by atoms with E-state index in [4.69, 9.17) is 0 Å². The van der Waals surface area contributed by atoms with Crippen molar-refractivity contribution in [3.05, 3.63) is 64.6 Å². The number of hydrogen-bond donors (Lipinski definition) is 1. The molecule has 5 nitrogen and oxygen atoms in total. The van der Waals surface area contributed by atoms with Crippen LogP contribution in [0.2, 0.25) is 0 Å². The molecule has 25 heavy (non-hydrogen) atoms. The van der Waals surface area contributed by atoms with Gasteiger partial charge in [0.15, 0.2) is 5.82 Å². The van der Waals surface area contributed by atoms with Crippen molar-refractivity contribution < 1.29 is 4.79 Å². The molecular formula is C19H20N4OS. The fourth-order valence-electron chi connectivity index (χ4n) is 2.20. The van der Waals surface area contributed by atoms with Crippen LogP contribution in [0.15, 0.2) is 54.1 Å². The Morgan fingerprint density at radius 3 is 2.72 bits per heavy atom. The summed E-state index contributed by atoms with van der Waals surface area (Å²) in [6.07, 6.45) is 5.03. The van der Waals surface area contributed by atoms with Crippen LogP contribution in [0.5, 0.6) is 0 Å². The third-order valence-corrected chi connectivity index (χ3v) is 4.38. The van der Waals surface area contributed by atoms with Crippen LogP contribution in [-0.2, 0) is 10.2 Å². The van der Waals surface area contributed by atoms with E-state index in [0.29, 0.717) is 11.6 Å². The number of pyridine rings is 1. The zero-order valence-corrected chi connectivity index (χ0v) is 15.2. The van der Waals surface area contributed by atoms with Crippen LogP contribution in [0.3, 0.4) is 0 Å². The molecular weight excluding hydrogens is 332 g/mol. The van der Waals surface area contributed by atoms with Crippen LogP contribution in [0.25, 0.3) is 11.9 Å². The first-order chi connectivity index (χ1) is 11.9. The van der Waals surface area contributed by atoms with Gasteiger partial charge in [-0.2, -0.15) is 9.78 Å². The first-order valence-corrected chi connectivity index (χ1v) is 8.86. The molecule has 128 valence electrons. The Morgan fingerprint density at radius 2 is 2.08 bits per heavy atom. The SMILES string of the molecule is CC(C)(C)c1cc(NC(=O)/C=C/c2cccs2)n(-c2ccccn2)n1. The van der Waals surface area contributed by atoms with E-state index in [0.717, 1.165) is 10.6 Å². The van der Waals surface area contributed by atoms with Gasteiger partial charge in [0.2, 0.25) is 5.91 Å². The van der Waals surface area contributed by atoms with Gasteiger partial charge in [0.1, 0.15) is 5.82 Å². The highest BCUT2D eigenvalue weighted by Gasteiger charge is 2.21. The predicted octanol–water partition coefficient (Wildman–Crippen LogP) is 4.28. The molecule has 0 saturated carbocycles. The Hall–Kier alpha value is -2.73. The normalized spacial score (nSPS) is 11.8. The predicted molar refractivity (Wildman–Crippen MR) is 102 cm³/mol. The number of carbonyl (C=O) groups is 1. The van der Waals surface area contributed by atoms with Gasteiger partial charge in [0, 0.05) is 28.6 Å². The van der Waals surface area contributed by atoms with Crippen LogP contribution in [0, 0.1) is 0 Å². The number of amides is 1. The second-order valence-corrected chi connectivity index (χ2v) is 7.58. The smallest absolute Gasteiger partial charge is 0.249 e. The highest BCUT2D eigenvalue weighted by molar-refractivity contribution is 7.10. The van der Waals surface area contributed by atoms with Gasteiger partial charge >= 0.3 is 0 Å². The standard InChI is InChI=1S/C19H20N4OS/c1-19(2,3)15-13-17(23(22-15)16-8-4-5-11-20-16)21-18(24)10-9-14-7-6-12-25-14/h4-13H,1-3H3,(H,21,24)/b10-9+. The lowest BCUT2D eigenvalue weighted by Gasteiger charge is -2.13. The molecule has 0 radical (unpaired) electrons. The minimum Gasteiger partial charge on any atom is -0.307 e. The second-order valence-electron chi connectivity index (χ2n) is 6.60. The summed E-state index contributed by atoms with van der Waals surface area (Å²) in [5.41, 5.74) is 0.752. The fourth-order valence-corrected chi connectivity index (χ4v) is 2.82. The fraction of sp³-hybridized carbons (Fsp3) is 0.211. The monoisotopic (exact) mass is 352 g/mol. The van der Waals surface area contributed by atoms with Gasteiger partial charge in [-0.25, -0.2) is 4.98 Å². The summed E-state index contributed by atoms with van der Waals surface area (Å²) in [4.78, 5) is 17.7. The number of nitrogens with zero attached hydrogens (tertiary/aromatic N) is 3. The van der Waals surface area contributed by atoms with Crippen molar-refractivity contribution >= 4 is 29.1 Å². The lowest BCUT2D eigenvalue weighted by Crippen LogP contribution is -2.13. The molecule has 0 aliphatic rings. The average Bonchev–Trinajstić information content (AvgIpc) is 3.23. The quantitative estimate of drug-likeness (QED) is 0.713. The van der Waals surface area contributed by atoms with Crippen LogP contribution in [0.1, 0.15) is 31.3 Å². The maximum atomic E-state index is 12.3. The van der Waals surface area contributed by atoms with Gasteiger partial charge in [0.05, 0.1) is 5.69 Å². The summed E-state index contributed by atoms with van der Waals surface area (Å²) in [6, 6.07) is 11.4. The van der Waals surface area contributed by atoms with Crippen molar-refractivity contribution in [1.82, 2.24) is 14.8 Å². The molecule has 1 N–H and O–H groups in total. The molecule has 3 aromatic rings. The molecule has 0 aliphatic carbocycles. The number of anilines is 1. The van der Waals surface area contributed by atoms with Crippen molar-refractivity contribution in [3.8, 4) is 5.82 Å². The van der Waals surface area contributed by atoms with Gasteiger partial charge in [-0.05, 0) is 29.7 Å². The minimum atomic E-state index is -0.203. The molecule has 1 amide bonds. The average molecular weight is 352 g/mol. The van der Waals surface area contributed by atoms with E-state index < -0.39 is 0 Å². The zero-order valence-electron chi connectivity index (χ0n) is 14.4. The Morgan fingerprint density at radius 1 is 1.24 bits per heavy atom. The molecule has 0 aromatic carbocycles. The van der Waals surface area contributed by atoms with E-state index >= 15 is 0 Å². The molecule has 0 bridgehead atoms. The lowest BCUT2D eigenvalue weighted by atomic mass is 9.92. The van der Waals surface area contributed by atoms with Crippen molar-refractivity contribution in [3.63, 3.8) is 0 Å². The summed E-state index contributed by atoms with van der Waals surface area (Å²) < 4.78 is 1.66. The first kappa shape index (κ1) is 17.1. The van der Waals surface area contributed by atoms with Gasteiger partial charge in [0.25, 0.3) is 0 Å². The van der Waals surface area contributed by atoms with E-state index in [1.54, 1.807) is 28.3 Å². The molecule has 0 saturated heterocycles. The highest BCUT2D eigenvalue weighted by atomic mass is 32.1. The van der Waals surface area contributed by atoms with Crippen LogP contribution in [0.4, 0.5) is 5.82 Å². The van der Waals surface area contributed by atoms with Crippen LogP contribution < -0.4 is 5.32 Å². The van der Waals surface area contributed by atoms with Crippen molar-refractivity contribution in [2.24, 2.45) is 0 Å². The topological polar surface area (TPSA) is 59.8 Å². The Kier molecular flexibility index (Phi) is 4.81. The van der Waals surface area contributed by atoms with Crippen LogP contribution in [-0.4, -0.2) is 20.7 Å². The summed E-state index contributed by atoms with van der Waals surface area (Å²) in [5, 5.41) is 9.51. The molecule has 0 spiro atoms. The minimum absolute atomic E-state index is 0.133. The zero-order chi connectivity index (χ0) is 17.9. The van der Waals surface area contributed by atoms with E-state index in [1.165, 1.54) is 6.08 Å². The Bertz CT molecular complexity index is 874. The van der Waals surface area contributed by atoms with Crippen LogP contribution >= 0.6 is 11.3 Å². The molecule has 0 aliphatic heterocycles. The summed E-state index contributed by atoms with van der Waals surface area (Å²) in [5.74, 6) is 1.06. The van der Waals surface area contributed by atoms with Gasteiger partial charge in [-0.15, -0.1) is 11.3 Å². The molecule has 6 heteroatoms. The van der Waals surface area contributed by atoms with E-state index in [-0.39, 0.29) is 11.3 Å². The molecule has 0 fully saturated rings. The molecule has 3 heterocycles. The number of rotatable bonds is 4. The molecule has 3 aromatic heterocycles. The van der Waals surface area contributed by atoms with E-state index in [1.807, 2.05) is 41.8 Å². The van der Waals surface area contributed by atoms with Gasteiger partial charge in [-0.1, -0.05) is 32.9 Å². The summed E-state index contributed by atoms with van der Waals surface area (Å²) in [7, 11) is 0. The van der Waals surface area contributed by atoms with Gasteiger partial charge in [-0.3, -0.25) is 4.79 Å². The largest absolute Gasteiger partial charge is 0.307 e. The van der Waals surface area contributed by atoms with Crippen molar-refractivity contribution in [2.45, 2.75) is 26.2 Å². The number of hydrogen-bond acceptors (Lipinski definition) is 4. The maximum Gasteiger partial charge on any atom is 0.249 e. The van der Waals surface area contributed by atoms with E-state index in [2.05, 4.69) is 36.2 Å². The van der Waals surface area contributed by atoms with Crippen molar-refractivity contribution in [2.75, 3.05) is 5.32 Å². The first-order valence-electron chi connectivity index (χ1n) is 7.98. The molecule has 0 atom stereocenters. The summed E-state index contributed by atoms with van der Waals surface area (Å²) in [6.45, 7) is 6.25. The number of nitrogens with one attached hydrogen (secondary N) is 1. The second kappa shape index (κ2) is 7.03. The van der Waals surface area contributed by atoms with Crippen molar-refractivity contribution in [1.29, 1.82) is 0 Å². The lowest BCUT2D eigenvalue weighted by molar-refractivity contribution is -0.111. The van der Waals surface area contributed by atoms with Gasteiger partial charge < -0.3 is 5.32 Å².